The fourth-order valence-electron chi connectivity index (χ4n) is 3.94. The van der Waals surface area contributed by atoms with Crippen molar-refractivity contribution in [3.05, 3.63) is 95.2 Å². The van der Waals surface area contributed by atoms with E-state index in [0.29, 0.717) is 22.8 Å². The smallest absolute Gasteiger partial charge is 0.134 e. The molecule has 5 rings (SSSR count). The molecule has 29 heavy (non-hydrogen) atoms. The summed E-state index contributed by atoms with van der Waals surface area (Å²) in [5, 5.41) is 8.80. The minimum Gasteiger partial charge on any atom is -0.303 e. The van der Waals surface area contributed by atoms with Crippen LogP contribution < -0.4 is 5.32 Å². The van der Waals surface area contributed by atoms with Gasteiger partial charge in [-0.05, 0) is 41.5 Å². The molecule has 4 nitrogen and oxygen atoms in total. The summed E-state index contributed by atoms with van der Waals surface area (Å²) in [7, 11) is 0. The first-order valence-electron chi connectivity index (χ1n) is 9.47. The Kier molecular flexibility index (Phi) is 4.62. The summed E-state index contributed by atoms with van der Waals surface area (Å²) < 4.78 is 16.8. The number of halogens is 2. The van der Waals surface area contributed by atoms with Gasteiger partial charge in [0.15, 0.2) is 0 Å². The lowest BCUT2D eigenvalue weighted by molar-refractivity contribution is 0.436. The summed E-state index contributed by atoms with van der Waals surface area (Å²) in [5.41, 5.74) is 5.09. The van der Waals surface area contributed by atoms with Gasteiger partial charge in [-0.3, -0.25) is 9.67 Å². The van der Waals surface area contributed by atoms with Gasteiger partial charge in [0, 0.05) is 35.1 Å². The van der Waals surface area contributed by atoms with Crippen LogP contribution in [0, 0.1) is 5.82 Å². The highest BCUT2D eigenvalue weighted by molar-refractivity contribution is 6.30. The fraction of sp³-hybridized carbons (Fsp3) is 0.130. The molecule has 1 atom stereocenters. The molecular formula is C23H18ClFN4. The van der Waals surface area contributed by atoms with Crippen molar-refractivity contribution in [2.24, 2.45) is 0 Å². The van der Waals surface area contributed by atoms with Crippen LogP contribution in [0.2, 0.25) is 5.02 Å². The molecule has 0 spiro atoms. The quantitative estimate of drug-likeness (QED) is 0.516. The third kappa shape index (κ3) is 3.22. The molecule has 4 aromatic rings. The van der Waals surface area contributed by atoms with Crippen LogP contribution in [-0.2, 0) is 6.54 Å². The molecular weight excluding hydrogens is 387 g/mol. The average molecular weight is 405 g/mol. The number of hydrogen-bond donors (Lipinski definition) is 1. The Hall–Kier alpha value is -3.02. The monoisotopic (exact) mass is 404 g/mol. The van der Waals surface area contributed by atoms with Crippen LogP contribution in [0.15, 0.2) is 73.1 Å². The third-order valence-corrected chi connectivity index (χ3v) is 5.46. The molecule has 1 aliphatic rings. The first kappa shape index (κ1) is 18.0. The van der Waals surface area contributed by atoms with Crippen LogP contribution in [0.25, 0.3) is 22.4 Å². The maximum Gasteiger partial charge on any atom is 0.134 e. The van der Waals surface area contributed by atoms with E-state index in [9.17, 15) is 4.39 Å². The number of pyridine rings is 1. The number of benzene rings is 2. The number of nitrogens with one attached hydrogen (secondary N) is 1. The minimum absolute atomic E-state index is 0.0373. The molecule has 3 heterocycles. The van der Waals surface area contributed by atoms with Crippen molar-refractivity contribution in [3.63, 3.8) is 0 Å². The fourth-order valence-corrected chi connectivity index (χ4v) is 4.10. The standard InChI is InChI=1S/C23H18ClFN4/c24-17-6-7-18(19(25)14-17)22-20(15-8-10-26-11-9-15)23-21(16-4-2-1-3-5-16)27-12-13-29(23)28-22/h1-11,14,21,27H,12-13H2. The van der Waals surface area contributed by atoms with Gasteiger partial charge in [-0.2, -0.15) is 5.10 Å². The number of hydrogen-bond acceptors (Lipinski definition) is 3. The minimum atomic E-state index is -0.382. The number of fused-ring (bicyclic) bond motifs is 1. The van der Waals surface area contributed by atoms with Crippen LogP contribution in [0.5, 0.6) is 0 Å². The Morgan fingerprint density at radius 2 is 1.83 bits per heavy atom. The number of rotatable bonds is 3. The van der Waals surface area contributed by atoms with Crippen molar-refractivity contribution in [1.29, 1.82) is 0 Å². The van der Waals surface area contributed by atoms with E-state index in [4.69, 9.17) is 16.7 Å². The second-order valence-electron chi connectivity index (χ2n) is 6.99. The lowest BCUT2D eigenvalue weighted by Crippen LogP contribution is -2.34. The van der Waals surface area contributed by atoms with Crippen LogP contribution in [0.3, 0.4) is 0 Å². The molecule has 0 aliphatic carbocycles. The normalized spacial score (nSPS) is 15.9. The van der Waals surface area contributed by atoms with Gasteiger partial charge in [0.2, 0.25) is 0 Å². The molecule has 144 valence electrons. The molecule has 1 unspecified atom stereocenters. The second kappa shape index (κ2) is 7.43. The van der Waals surface area contributed by atoms with E-state index in [1.54, 1.807) is 24.5 Å². The predicted octanol–water partition coefficient (Wildman–Crippen LogP) is 5.10. The van der Waals surface area contributed by atoms with Crippen molar-refractivity contribution < 1.29 is 4.39 Å². The summed E-state index contributed by atoms with van der Waals surface area (Å²) in [6.45, 7) is 1.50. The lowest BCUT2D eigenvalue weighted by atomic mass is 9.92. The lowest BCUT2D eigenvalue weighted by Gasteiger charge is -2.27. The molecule has 0 fully saturated rings. The number of nitrogens with zero attached hydrogens (tertiary/aromatic N) is 3. The van der Waals surface area contributed by atoms with E-state index < -0.39 is 0 Å². The predicted molar refractivity (Wildman–Crippen MR) is 112 cm³/mol. The topological polar surface area (TPSA) is 42.7 Å². The van der Waals surface area contributed by atoms with Crippen LogP contribution in [0.4, 0.5) is 4.39 Å². The van der Waals surface area contributed by atoms with E-state index in [0.717, 1.165) is 28.9 Å². The first-order chi connectivity index (χ1) is 14.2. The maximum atomic E-state index is 14.9. The Morgan fingerprint density at radius 1 is 1.03 bits per heavy atom. The zero-order valence-electron chi connectivity index (χ0n) is 15.5. The third-order valence-electron chi connectivity index (χ3n) is 5.23. The van der Waals surface area contributed by atoms with Gasteiger partial charge in [-0.15, -0.1) is 0 Å². The molecule has 0 radical (unpaired) electrons. The summed E-state index contributed by atoms with van der Waals surface area (Å²) in [6.07, 6.45) is 3.49. The van der Waals surface area contributed by atoms with E-state index in [1.165, 1.54) is 6.07 Å². The zero-order chi connectivity index (χ0) is 19.8. The number of aromatic nitrogens is 3. The highest BCUT2D eigenvalue weighted by Gasteiger charge is 2.30. The van der Waals surface area contributed by atoms with E-state index in [-0.39, 0.29) is 11.9 Å². The molecule has 0 amide bonds. The molecule has 1 aliphatic heterocycles. The highest BCUT2D eigenvalue weighted by atomic mass is 35.5. The molecule has 6 heteroatoms. The van der Waals surface area contributed by atoms with Gasteiger partial charge in [0.1, 0.15) is 11.5 Å². The van der Waals surface area contributed by atoms with Crippen molar-refractivity contribution in [2.75, 3.05) is 6.54 Å². The average Bonchev–Trinajstić information content (AvgIpc) is 3.14. The molecule has 0 saturated carbocycles. The Bertz CT molecular complexity index is 1160. The molecule has 1 N–H and O–H groups in total. The Labute approximate surface area is 173 Å². The van der Waals surface area contributed by atoms with Crippen LogP contribution >= 0.6 is 11.6 Å². The van der Waals surface area contributed by atoms with E-state index in [2.05, 4.69) is 22.4 Å². The van der Waals surface area contributed by atoms with Gasteiger partial charge in [0.25, 0.3) is 0 Å². The van der Waals surface area contributed by atoms with Gasteiger partial charge in [0.05, 0.1) is 18.3 Å². The van der Waals surface area contributed by atoms with Crippen molar-refractivity contribution in [3.8, 4) is 22.4 Å². The Balaban J connectivity index is 1.79. The zero-order valence-corrected chi connectivity index (χ0v) is 16.3. The maximum absolute atomic E-state index is 14.9. The molecule has 2 aromatic carbocycles. The molecule has 0 saturated heterocycles. The molecule has 0 bridgehead atoms. The summed E-state index contributed by atoms with van der Waals surface area (Å²) in [6, 6.07) is 18.8. The summed E-state index contributed by atoms with van der Waals surface area (Å²) >= 11 is 5.98. The van der Waals surface area contributed by atoms with Crippen molar-refractivity contribution in [2.45, 2.75) is 12.6 Å². The largest absolute Gasteiger partial charge is 0.303 e. The van der Waals surface area contributed by atoms with Gasteiger partial charge >= 0.3 is 0 Å². The highest BCUT2D eigenvalue weighted by Crippen LogP contribution is 2.41. The first-order valence-corrected chi connectivity index (χ1v) is 9.85. The van der Waals surface area contributed by atoms with E-state index >= 15 is 0 Å². The second-order valence-corrected chi connectivity index (χ2v) is 7.43. The SMILES string of the molecule is Fc1cc(Cl)ccc1-c1nn2c(c1-c1ccncc1)C(c1ccccc1)NCC2. The van der Waals surface area contributed by atoms with Crippen molar-refractivity contribution in [1.82, 2.24) is 20.1 Å². The van der Waals surface area contributed by atoms with Crippen LogP contribution in [-0.4, -0.2) is 21.3 Å². The summed E-state index contributed by atoms with van der Waals surface area (Å²) in [4.78, 5) is 4.14. The van der Waals surface area contributed by atoms with Gasteiger partial charge < -0.3 is 5.32 Å². The van der Waals surface area contributed by atoms with Crippen molar-refractivity contribution >= 4 is 11.6 Å². The molecule has 2 aromatic heterocycles. The van der Waals surface area contributed by atoms with E-state index in [1.807, 2.05) is 35.0 Å². The van der Waals surface area contributed by atoms with Gasteiger partial charge in [-0.1, -0.05) is 41.9 Å². The van der Waals surface area contributed by atoms with Gasteiger partial charge in [-0.25, -0.2) is 4.39 Å². The Morgan fingerprint density at radius 3 is 2.59 bits per heavy atom. The summed E-state index contributed by atoms with van der Waals surface area (Å²) in [5.74, 6) is -0.382. The van der Waals surface area contributed by atoms with Crippen LogP contribution in [0.1, 0.15) is 17.3 Å².